The first kappa shape index (κ1) is 17.7. The number of fused-ring (bicyclic) bond motifs is 2. The Morgan fingerprint density at radius 3 is 2.93 bits per heavy atom. The quantitative estimate of drug-likeness (QED) is 0.282. The normalized spacial score (nSPS) is 11.1. The summed E-state index contributed by atoms with van der Waals surface area (Å²) in [6, 6.07) is 9.47. The second kappa shape index (κ2) is 7.14. The molecule has 4 aromatic rings. The number of hydrogen-bond acceptors (Lipinski definition) is 8. The molecule has 1 N–H and O–H groups in total. The highest BCUT2D eigenvalue weighted by atomic mass is 35.5. The van der Waals surface area contributed by atoms with Crippen LogP contribution in [0.25, 0.3) is 21.3 Å². The average molecular weight is 421 g/mol. The minimum atomic E-state index is -0.471. The number of nitro benzene ring substituents is 1. The van der Waals surface area contributed by atoms with Crippen LogP contribution < -0.4 is 5.32 Å². The monoisotopic (exact) mass is 420 g/mol. The van der Waals surface area contributed by atoms with Gasteiger partial charge in [-0.15, -0.1) is 0 Å². The summed E-state index contributed by atoms with van der Waals surface area (Å²) in [6.45, 7) is 0. The average Bonchev–Trinajstić information content (AvgIpc) is 3.21. The Balaban J connectivity index is 1.42. The fraction of sp³-hybridized carbons (Fsp3) is 0.0625. The summed E-state index contributed by atoms with van der Waals surface area (Å²) in [5, 5.41) is 14.8. The van der Waals surface area contributed by atoms with E-state index in [2.05, 4.69) is 15.3 Å². The van der Waals surface area contributed by atoms with Gasteiger partial charge in [-0.1, -0.05) is 34.7 Å². The lowest BCUT2D eigenvalue weighted by molar-refractivity contribution is -0.384. The molecule has 1 amide bonds. The molecule has 2 aromatic heterocycles. The number of rotatable bonds is 5. The highest BCUT2D eigenvalue weighted by Crippen LogP contribution is 2.30. The minimum absolute atomic E-state index is 0.0179. The van der Waals surface area contributed by atoms with Gasteiger partial charge in [-0.05, 0) is 24.3 Å². The van der Waals surface area contributed by atoms with Crippen LogP contribution in [0.15, 0.2) is 46.0 Å². The second-order valence-corrected chi connectivity index (χ2v) is 7.75. The van der Waals surface area contributed by atoms with E-state index in [0.717, 1.165) is 11.8 Å². The van der Waals surface area contributed by atoms with Gasteiger partial charge >= 0.3 is 0 Å². The van der Waals surface area contributed by atoms with Gasteiger partial charge in [0.2, 0.25) is 5.91 Å². The van der Waals surface area contributed by atoms with E-state index in [1.807, 2.05) is 0 Å². The Labute approximate surface area is 164 Å². The summed E-state index contributed by atoms with van der Waals surface area (Å²) in [7, 11) is 0. The molecule has 2 heterocycles. The number of amides is 1. The topological polar surface area (TPSA) is 111 Å². The lowest BCUT2D eigenvalue weighted by Crippen LogP contribution is -2.13. The molecule has 0 atom stereocenters. The molecular formula is C16H9ClN4O4S2. The van der Waals surface area contributed by atoms with Crippen molar-refractivity contribution in [1.82, 2.24) is 9.97 Å². The molecule has 0 aliphatic rings. The SMILES string of the molecule is O=C(CSc1nc2cc(Cl)ccc2o1)Nc1nc2ccc([N+](=O)[O-])cc2s1. The number of benzene rings is 2. The lowest BCUT2D eigenvalue weighted by atomic mass is 10.3. The highest BCUT2D eigenvalue weighted by molar-refractivity contribution is 7.99. The third-order valence-electron chi connectivity index (χ3n) is 3.49. The van der Waals surface area contributed by atoms with Crippen molar-refractivity contribution in [3.8, 4) is 0 Å². The van der Waals surface area contributed by atoms with Gasteiger partial charge < -0.3 is 9.73 Å². The predicted molar refractivity (Wildman–Crippen MR) is 105 cm³/mol. The zero-order valence-electron chi connectivity index (χ0n) is 13.3. The first-order chi connectivity index (χ1) is 13.0. The molecule has 0 spiro atoms. The third-order valence-corrected chi connectivity index (χ3v) is 5.48. The fourth-order valence-electron chi connectivity index (χ4n) is 2.30. The van der Waals surface area contributed by atoms with Crippen LogP contribution >= 0.6 is 34.7 Å². The first-order valence-electron chi connectivity index (χ1n) is 7.52. The number of anilines is 1. The van der Waals surface area contributed by atoms with Gasteiger partial charge in [0.1, 0.15) is 5.52 Å². The Morgan fingerprint density at radius 2 is 2.11 bits per heavy atom. The van der Waals surface area contributed by atoms with Crippen molar-refractivity contribution in [2.75, 3.05) is 11.1 Å². The number of thiazole rings is 1. The van der Waals surface area contributed by atoms with Crippen molar-refractivity contribution < 1.29 is 14.1 Å². The summed E-state index contributed by atoms with van der Waals surface area (Å²) in [6.07, 6.45) is 0. The number of nitro groups is 1. The van der Waals surface area contributed by atoms with Crippen LogP contribution in [-0.4, -0.2) is 26.6 Å². The third kappa shape index (κ3) is 3.87. The van der Waals surface area contributed by atoms with E-state index in [1.54, 1.807) is 24.3 Å². The number of halogens is 1. The zero-order chi connectivity index (χ0) is 19.0. The number of oxazole rings is 1. The molecule has 0 aliphatic carbocycles. The molecule has 4 rings (SSSR count). The van der Waals surface area contributed by atoms with Crippen molar-refractivity contribution in [1.29, 1.82) is 0 Å². The summed E-state index contributed by atoms with van der Waals surface area (Å²) < 4.78 is 6.17. The molecule has 11 heteroatoms. The summed E-state index contributed by atoms with van der Waals surface area (Å²) >= 11 is 8.23. The Morgan fingerprint density at radius 1 is 1.26 bits per heavy atom. The van der Waals surface area contributed by atoms with Gasteiger partial charge in [-0.2, -0.15) is 0 Å². The molecule has 0 fully saturated rings. The number of carbonyl (C=O) groups is 1. The molecule has 0 saturated heterocycles. The number of thioether (sulfide) groups is 1. The van der Waals surface area contributed by atoms with Crippen molar-refractivity contribution in [2.24, 2.45) is 0 Å². The van der Waals surface area contributed by atoms with Crippen LogP contribution in [0.1, 0.15) is 0 Å². The largest absolute Gasteiger partial charge is 0.431 e. The summed E-state index contributed by atoms with van der Waals surface area (Å²) in [4.78, 5) is 31.0. The highest BCUT2D eigenvalue weighted by Gasteiger charge is 2.14. The smallest absolute Gasteiger partial charge is 0.270 e. The van der Waals surface area contributed by atoms with Crippen LogP contribution in [0.5, 0.6) is 0 Å². The van der Waals surface area contributed by atoms with Gasteiger partial charge in [0.25, 0.3) is 10.9 Å². The van der Waals surface area contributed by atoms with Gasteiger partial charge in [-0.3, -0.25) is 14.9 Å². The van der Waals surface area contributed by atoms with Gasteiger partial charge in [0.05, 0.1) is 20.9 Å². The van der Waals surface area contributed by atoms with Crippen molar-refractivity contribution >= 4 is 72.7 Å². The van der Waals surface area contributed by atoms with E-state index < -0.39 is 4.92 Å². The maximum absolute atomic E-state index is 12.1. The molecule has 0 radical (unpaired) electrons. The lowest BCUT2D eigenvalue weighted by Gasteiger charge is -1.98. The number of nitrogens with zero attached hydrogens (tertiary/aromatic N) is 3. The molecule has 136 valence electrons. The second-order valence-electron chi connectivity index (χ2n) is 5.36. The zero-order valence-corrected chi connectivity index (χ0v) is 15.7. The van der Waals surface area contributed by atoms with E-state index in [-0.39, 0.29) is 17.3 Å². The van der Waals surface area contributed by atoms with Crippen molar-refractivity contribution in [3.63, 3.8) is 0 Å². The van der Waals surface area contributed by atoms with E-state index in [9.17, 15) is 14.9 Å². The number of aromatic nitrogens is 2. The number of carbonyl (C=O) groups excluding carboxylic acids is 1. The van der Waals surface area contributed by atoms with Crippen molar-refractivity contribution in [2.45, 2.75) is 5.22 Å². The maximum Gasteiger partial charge on any atom is 0.270 e. The Kier molecular flexibility index (Phi) is 4.68. The maximum atomic E-state index is 12.1. The Bertz CT molecular complexity index is 1190. The molecule has 0 aliphatic heterocycles. The number of nitrogens with one attached hydrogen (secondary N) is 1. The van der Waals surface area contributed by atoms with Crippen LogP contribution in [0, 0.1) is 10.1 Å². The number of non-ortho nitro benzene ring substituents is 1. The molecule has 0 bridgehead atoms. The molecule has 0 saturated carbocycles. The standard InChI is InChI=1S/C16H9ClN4O4S2/c17-8-1-4-12-11(5-8)19-16(25-12)26-7-14(22)20-15-18-10-3-2-9(21(23)24)6-13(10)27-15/h1-6H,7H2,(H,18,20,22). The van der Waals surface area contributed by atoms with E-state index in [0.29, 0.717) is 36.7 Å². The van der Waals surface area contributed by atoms with Gasteiger partial charge in [0, 0.05) is 17.2 Å². The van der Waals surface area contributed by atoms with Gasteiger partial charge in [0.15, 0.2) is 10.7 Å². The van der Waals surface area contributed by atoms with E-state index in [4.69, 9.17) is 16.0 Å². The molecule has 0 unspecified atom stereocenters. The molecule has 27 heavy (non-hydrogen) atoms. The molecular weight excluding hydrogens is 412 g/mol. The van der Waals surface area contributed by atoms with Crippen LogP contribution in [-0.2, 0) is 4.79 Å². The van der Waals surface area contributed by atoms with Crippen molar-refractivity contribution in [3.05, 3.63) is 51.5 Å². The fourth-order valence-corrected chi connectivity index (χ4v) is 4.02. The van der Waals surface area contributed by atoms with Crippen LogP contribution in [0.2, 0.25) is 5.02 Å². The molecule has 2 aromatic carbocycles. The van der Waals surface area contributed by atoms with E-state index in [1.165, 1.54) is 23.5 Å². The van der Waals surface area contributed by atoms with E-state index >= 15 is 0 Å². The summed E-state index contributed by atoms with van der Waals surface area (Å²) in [5.74, 6) is -0.203. The van der Waals surface area contributed by atoms with Crippen LogP contribution in [0.4, 0.5) is 10.8 Å². The van der Waals surface area contributed by atoms with Gasteiger partial charge in [-0.25, -0.2) is 9.97 Å². The summed E-state index contributed by atoms with van der Waals surface area (Å²) in [5.41, 5.74) is 1.79. The minimum Gasteiger partial charge on any atom is -0.431 e. The predicted octanol–water partition coefficient (Wildman–Crippen LogP) is 4.73. The Hall–Kier alpha value is -2.69. The van der Waals surface area contributed by atoms with Crippen LogP contribution in [0.3, 0.4) is 0 Å². The first-order valence-corrected chi connectivity index (χ1v) is 9.70. The molecule has 8 nitrogen and oxygen atoms in total. The number of hydrogen-bond donors (Lipinski definition) is 1.